The first kappa shape index (κ1) is 16.2. The first-order valence-electron chi connectivity index (χ1n) is 6.02. The molecule has 0 aromatic rings. The van der Waals surface area contributed by atoms with Gasteiger partial charge in [0.1, 0.15) is 5.60 Å². The predicted octanol–water partition coefficient (Wildman–Crippen LogP) is 2.86. The normalized spacial score (nSPS) is 14.1. The second-order valence-corrected chi connectivity index (χ2v) is 6.30. The lowest BCUT2D eigenvalue weighted by Gasteiger charge is -2.38. The molecule has 0 aliphatic rings. The summed E-state index contributed by atoms with van der Waals surface area (Å²) in [4.78, 5) is 13.9. The molecule has 0 spiro atoms. The first-order valence-corrected chi connectivity index (χ1v) is 6.02. The van der Waals surface area contributed by atoms with Crippen molar-refractivity contribution in [2.75, 3.05) is 20.6 Å². The Morgan fingerprint density at radius 3 is 2.00 bits per heavy atom. The number of rotatable bonds is 4. The van der Waals surface area contributed by atoms with Crippen LogP contribution in [0.15, 0.2) is 11.6 Å². The van der Waals surface area contributed by atoms with Gasteiger partial charge in [0.2, 0.25) is 0 Å². The minimum Gasteiger partial charge on any atom is -0.456 e. The molecule has 0 N–H and O–H groups in total. The van der Waals surface area contributed by atoms with E-state index in [4.69, 9.17) is 4.74 Å². The number of carbonyl (C=O) groups is 1. The van der Waals surface area contributed by atoms with Gasteiger partial charge in [-0.1, -0.05) is 26.8 Å². The Kier molecular flexibility index (Phi) is 5.40. The zero-order valence-electron chi connectivity index (χ0n) is 12.5. The van der Waals surface area contributed by atoms with Crippen LogP contribution in [0.25, 0.3) is 0 Å². The van der Waals surface area contributed by atoms with Crippen molar-refractivity contribution in [3.63, 3.8) is 0 Å². The molecule has 0 aliphatic carbocycles. The maximum absolute atomic E-state index is 11.9. The summed E-state index contributed by atoms with van der Waals surface area (Å²) >= 11 is 0. The molecule has 100 valence electrons. The van der Waals surface area contributed by atoms with Crippen LogP contribution in [0.4, 0.5) is 0 Å². The van der Waals surface area contributed by atoms with Gasteiger partial charge >= 0.3 is 5.97 Å². The molecule has 0 aromatic heterocycles. The number of carbonyl (C=O) groups excluding carboxylic acids is 1. The van der Waals surface area contributed by atoms with E-state index in [0.29, 0.717) is 5.57 Å². The number of hydrogen-bond acceptors (Lipinski definition) is 3. The molecule has 0 aliphatic heterocycles. The summed E-state index contributed by atoms with van der Waals surface area (Å²) in [5.41, 5.74) is 0.109. The van der Waals surface area contributed by atoms with E-state index in [1.165, 1.54) is 0 Å². The zero-order chi connectivity index (χ0) is 13.9. The van der Waals surface area contributed by atoms with Gasteiger partial charge in [0.05, 0.1) is 0 Å². The highest BCUT2D eigenvalue weighted by atomic mass is 16.6. The fourth-order valence-electron chi connectivity index (χ4n) is 0.868. The largest absolute Gasteiger partial charge is 0.456 e. The molecule has 0 bridgehead atoms. The highest BCUT2D eigenvalue weighted by molar-refractivity contribution is 5.88. The van der Waals surface area contributed by atoms with E-state index in [-0.39, 0.29) is 11.4 Å². The van der Waals surface area contributed by atoms with Crippen molar-refractivity contribution in [1.29, 1.82) is 0 Å². The van der Waals surface area contributed by atoms with Crippen molar-refractivity contribution >= 4 is 5.97 Å². The van der Waals surface area contributed by atoms with Gasteiger partial charge < -0.3 is 9.64 Å². The molecule has 17 heavy (non-hydrogen) atoms. The van der Waals surface area contributed by atoms with Crippen LogP contribution in [0.2, 0.25) is 0 Å². The Hall–Kier alpha value is -0.830. The number of nitrogens with zero attached hydrogens (tertiary/aromatic N) is 1. The number of likely N-dealkylation sites (N-methyl/N-ethyl adjacent to an activating group) is 1. The van der Waals surface area contributed by atoms with Crippen LogP contribution >= 0.6 is 0 Å². The summed E-state index contributed by atoms with van der Waals surface area (Å²) in [7, 11) is 3.93. The van der Waals surface area contributed by atoms with E-state index in [9.17, 15) is 4.79 Å². The second kappa shape index (κ2) is 5.67. The maximum atomic E-state index is 11.9. The van der Waals surface area contributed by atoms with Crippen LogP contribution in [-0.4, -0.2) is 37.1 Å². The summed E-state index contributed by atoms with van der Waals surface area (Å²) in [6, 6.07) is 0. The second-order valence-electron chi connectivity index (χ2n) is 6.30. The Balaban J connectivity index is 4.60. The Morgan fingerprint density at radius 1 is 1.18 bits per heavy atom. The van der Waals surface area contributed by atoms with E-state index in [1.807, 2.05) is 38.9 Å². The zero-order valence-corrected chi connectivity index (χ0v) is 12.5. The third-order valence-electron chi connectivity index (χ3n) is 3.24. The van der Waals surface area contributed by atoms with E-state index >= 15 is 0 Å². The fourth-order valence-corrected chi connectivity index (χ4v) is 0.868. The standard InChI is InChI=1S/C14H27NO2/c1-11(9-10-15(7)8)12(16)17-14(5,6)13(2,3)4/h9H,10H2,1-8H3/b11-9+. The highest BCUT2D eigenvalue weighted by Crippen LogP contribution is 2.33. The summed E-state index contributed by atoms with van der Waals surface area (Å²) in [6.45, 7) is 12.6. The van der Waals surface area contributed by atoms with Gasteiger partial charge in [-0.2, -0.15) is 0 Å². The summed E-state index contributed by atoms with van der Waals surface area (Å²) in [5, 5.41) is 0. The number of ether oxygens (including phenoxy) is 1. The fraction of sp³-hybridized carbons (Fsp3) is 0.786. The minimum atomic E-state index is -0.475. The third-order valence-corrected chi connectivity index (χ3v) is 3.24. The van der Waals surface area contributed by atoms with Crippen LogP contribution in [0.3, 0.4) is 0 Å². The van der Waals surface area contributed by atoms with Crippen molar-refractivity contribution in [2.24, 2.45) is 5.41 Å². The molecule has 3 nitrogen and oxygen atoms in total. The molecule has 0 fully saturated rings. The molecular formula is C14H27NO2. The molecule has 0 heterocycles. The number of esters is 1. The summed E-state index contributed by atoms with van der Waals surface area (Å²) in [5.74, 6) is -0.230. The maximum Gasteiger partial charge on any atom is 0.333 e. The van der Waals surface area contributed by atoms with Crippen molar-refractivity contribution in [3.05, 3.63) is 11.6 Å². The quantitative estimate of drug-likeness (QED) is 0.560. The van der Waals surface area contributed by atoms with Crippen LogP contribution < -0.4 is 0 Å². The summed E-state index contributed by atoms with van der Waals surface area (Å²) < 4.78 is 5.57. The topological polar surface area (TPSA) is 29.5 Å². The van der Waals surface area contributed by atoms with Crippen molar-refractivity contribution in [3.8, 4) is 0 Å². The van der Waals surface area contributed by atoms with Crippen LogP contribution in [0, 0.1) is 5.41 Å². The third kappa shape index (κ3) is 5.35. The Labute approximate surface area is 106 Å². The van der Waals surface area contributed by atoms with Crippen LogP contribution in [0.1, 0.15) is 41.5 Å². The van der Waals surface area contributed by atoms with Gasteiger partial charge in [-0.3, -0.25) is 0 Å². The lowest BCUT2D eigenvalue weighted by Crippen LogP contribution is -2.41. The SMILES string of the molecule is C/C(=C\CN(C)C)C(=O)OC(C)(C)C(C)(C)C. The van der Waals surface area contributed by atoms with E-state index in [1.54, 1.807) is 6.92 Å². The molecule has 0 unspecified atom stereocenters. The average Bonchev–Trinajstić information content (AvgIpc) is 2.11. The van der Waals surface area contributed by atoms with Gasteiger partial charge in [-0.05, 0) is 34.9 Å². The molecule has 0 amide bonds. The Morgan fingerprint density at radius 2 is 1.65 bits per heavy atom. The van der Waals surface area contributed by atoms with Gasteiger partial charge in [0, 0.05) is 17.5 Å². The first-order chi connectivity index (χ1) is 7.47. The van der Waals surface area contributed by atoms with Gasteiger partial charge in [0.25, 0.3) is 0 Å². The monoisotopic (exact) mass is 241 g/mol. The molecular weight excluding hydrogens is 214 g/mol. The van der Waals surface area contributed by atoms with Gasteiger partial charge in [-0.25, -0.2) is 4.79 Å². The molecule has 0 rings (SSSR count). The molecule has 0 atom stereocenters. The molecule has 0 aromatic carbocycles. The van der Waals surface area contributed by atoms with Gasteiger partial charge in [-0.15, -0.1) is 0 Å². The van der Waals surface area contributed by atoms with Crippen LogP contribution in [-0.2, 0) is 9.53 Å². The van der Waals surface area contributed by atoms with Crippen molar-refractivity contribution in [1.82, 2.24) is 4.90 Å². The minimum absolute atomic E-state index is 0.0789. The average molecular weight is 241 g/mol. The lowest BCUT2D eigenvalue weighted by molar-refractivity contribution is -0.162. The van der Waals surface area contributed by atoms with Crippen molar-refractivity contribution in [2.45, 2.75) is 47.1 Å². The Bertz CT molecular complexity index is 296. The smallest absolute Gasteiger partial charge is 0.333 e. The van der Waals surface area contributed by atoms with Gasteiger partial charge in [0.15, 0.2) is 0 Å². The molecule has 0 radical (unpaired) electrons. The molecule has 0 saturated carbocycles. The highest BCUT2D eigenvalue weighted by Gasteiger charge is 2.36. The molecule has 3 heteroatoms. The lowest BCUT2D eigenvalue weighted by atomic mass is 9.79. The van der Waals surface area contributed by atoms with E-state index < -0.39 is 5.60 Å². The number of hydrogen-bond donors (Lipinski definition) is 0. The predicted molar refractivity (Wildman–Crippen MR) is 71.9 cm³/mol. The van der Waals surface area contributed by atoms with Crippen molar-refractivity contribution < 1.29 is 9.53 Å². The summed E-state index contributed by atoms with van der Waals surface area (Å²) in [6.07, 6.45) is 1.89. The van der Waals surface area contributed by atoms with Crippen LogP contribution in [0.5, 0.6) is 0 Å². The molecule has 0 saturated heterocycles. The van der Waals surface area contributed by atoms with E-state index in [0.717, 1.165) is 6.54 Å². The van der Waals surface area contributed by atoms with E-state index in [2.05, 4.69) is 20.8 Å².